The first-order valence-electron chi connectivity index (χ1n) is 8.29. The number of hydrogen-bond acceptors (Lipinski definition) is 4. The Hall–Kier alpha value is -2.37. The van der Waals surface area contributed by atoms with Crippen molar-refractivity contribution in [2.24, 2.45) is 5.16 Å². The topological polar surface area (TPSA) is 45.1 Å². The summed E-state index contributed by atoms with van der Waals surface area (Å²) in [6.45, 7) is 5.95. The van der Waals surface area contributed by atoms with E-state index in [1.165, 1.54) is 0 Å². The number of rotatable bonds is 9. The molecule has 5 heteroatoms. The first kappa shape index (κ1) is 19.9. The minimum absolute atomic E-state index is 0.509. The second kappa shape index (κ2) is 10.6. The fourth-order valence-electron chi connectivity index (χ4n) is 2.36. The molecule has 0 radical (unpaired) electrons. The highest BCUT2D eigenvalue weighted by molar-refractivity contribution is 9.10. The molecular formula is C21H23BrN2O2. The zero-order chi connectivity index (χ0) is 18.8. The first-order chi connectivity index (χ1) is 12.6. The monoisotopic (exact) mass is 414 g/mol. The van der Waals surface area contributed by atoms with Crippen molar-refractivity contribution in [1.29, 1.82) is 0 Å². The van der Waals surface area contributed by atoms with Crippen LogP contribution >= 0.6 is 15.9 Å². The Balaban J connectivity index is 1.92. The minimum Gasteiger partial charge on any atom is -0.490 e. The molecule has 0 atom stereocenters. The van der Waals surface area contributed by atoms with Crippen LogP contribution in [0, 0.1) is 0 Å². The van der Waals surface area contributed by atoms with Gasteiger partial charge in [0.05, 0.1) is 0 Å². The van der Waals surface area contributed by atoms with Crippen LogP contribution in [0.1, 0.15) is 11.1 Å². The SMILES string of the molecule is C=CCN(C)CC=CCOc1ccc(C(=NO)c2ccc(Br)cc2)cc1. The molecule has 0 spiro atoms. The number of nitrogens with zero attached hydrogens (tertiary/aromatic N) is 2. The quantitative estimate of drug-likeness (QED) is 0.279. The van der Waals surface area contributed by atoms with E-state index in [-0.39, 0.29) is 0 Å². The van der Waals surface area contributed by atoms with Crippen LogP contribution in [0.3, 0.4) is 0 Å². The molecule has 0 unspecified atom stereocenters. The number of halogens is 1. The van der Waals surface area contributed by atoms with Gasteiger partial charge in [-0.05, 0) is 43.4 Å². The zero-order valence-corrected chi connectivity index (χ0v) is 16.4. The summed E-state index contributed by atoms with van der Waals surface area (Å²) in [7, 11) is 2.04. The van der Waals surface area contributed by atoms with Crippen molar-refractivity contribution in [3.8, 4) is 5.75 Å². The lowest BCUT2D eigenvalue weighted by atomic mass is 10.0. The van der Waals surface area contributed by atoms with Gasteiger partial charge in [0.15, 0.2) is 0 Å². The van der Waals surface area contributed by atoms with Crippen LogP contribution in [0.15, 0.2) is 83.0 Å². The fourth-order valence-corrected chi connectivity index (χ4v) is 2.63. The standard InChI is InChI=1S/C21H23BrN2O2/c1-3-14-24(2)15-4-5-16-26-20-12-8-18(9-13-20)21(23-25)17-6-10-19(22)11-7-17/h3-13,25H,1,14-16H2,2H3. The van der Waals surface area contributed by atoms with Crippen molar-refractivity contribution in [3.05, 3.63) is 88.9 Å². The average Bonchev–Trinajstić information content (AvgIpc) is 2.65. The Morgan fingerprint density at radius 3 is 2.27 bits per heavy atom. The van der Waals surface area contributed by atoms with Crippen LogP contribution in [0.2, 0.25) is 0 Å². The highest BCUT2D eigenvalue weighted by atomic mass is 79.9. The normalized spacial score (nSPS) is 11.9. The lowest BCUT2D eigenvalue weighted by Crippen LogP contribution is -2.17. The molecule has 0 amide bonds. The molecular weight excluding hydrogens is 392 g/mol. The van der Waals surface area contributed by atoms with Gasteiger partial charge in [0.1, 0.15) is 18.1 Å². The van der Waals surface area contributed by atoms with Crippen molar-refractivity contribution in [2.75, 3.05) is 26.7 Å². The van der Waals surface area contributed by atoms with E-state index in [1.54, 1.807) is 0 Å². The molecule has 2 aromatic carbocycles. The molecule has 4 nitrogen and oxygen atoms in total. The van der Waals surface area contributed by atoms with Crippen LogP contribution in [-0.4, -0.2) is 42.6 Å². The maximum Gasteiger partial charge on any atom is 0.119 e. The van der Waals surface area contributed by atoms with Crippen molar-refractivity contribution >= 4 is 21.6 Å². The first-order valence-corrected chi connectivity index (χ1v) is 9.09. The molecule has 0 aliphatic heterocycles. The summed E-state index contributed by atoms with van der Waals surface area (Å²) in [6.07, 6.45) is 5.95. The summed E-state index contributed by atoms with van der Waals surface area (Å²) in [5.74, 6) is 0.769. The predicted octanol–water partition coefficient (Wildman–Crippen LogP) is 4.73. The number of oxime groups is 1. The summed E-state index contributed by atoms with van der Waals surface area (Å²) < 4.78 is 6.68. The molecule has 0 aromatic heterocycles. The molecule has 26 heavy (non-hydrogen) atoms. The van der Waals surface area contributed by atoms with E-state index in [0.29, 0.717) is 12.3 Å². The largest absolute Gasteiger partial charge is 0.490 e. The number of likely N-dealkylation sites (N-methyl/N-ethyl adjacent to an activating group) is 1. The third kappa shape index (κ3) is 6.17. The van der Waals surface area contributed by atoms with E-state index >= 15 is 0 Å². The maximum atomic E-state index is 9.38. The maximum absolute atomic E-state index is 9.38. The van der Waals surface area contributed by atoms with E-state index in [9.17, 15) is 5.21 Å². The molecule has 1 N–H and O–H groups in total. The average molecular weight is 415 g/mol. The molecule has 0 bridgehead atoms. The third-order valence-electron chi connectivity index (χ3n) is 3.72. The number of benzene rings is 2. The molecule has 2 aromatic rings. The highest BCUT2D eigenvalue weighted by Crippen LogP contribution is 2.18. The van der Waals surface area contributed by atoms with Gasteiger partial charge in [0.2, 0.25) is 0 Å². The smallest absolute Gasteiger partial charge is 0.119 e. The third-order valence-corrected chi connectivity index (χ3v) is 4.24. The summed E-state index contributed by atoms with van der Waals surface area (Å²) in [5.41, 5.74) is 2.19. The van der Waals surface area contributed by atoms with Gasteiger partial charge < -0.3 is 9.94 Å². The molecule has 0 heterocycles. The molecule has 0 fully saturated rings. The van der Waals surface area contributed by atoms with Gasteiger partial charge in [0.25, 0.3) is 0 Å². The number of hydrogen-bond donors (Lipinski definition) is 1. The highest BCUT2D eigenvalue weighted by Gasteiger charge is 2.08. The van der Waals surface area contributed by atoms with Crippen molar-refractivity contribution in [1.82, 2.24) is 4.90 Å². The van der Waals surface area contributed by atoms with E-state index < -0.39 is 0 Å². The summed E-state index contributed by atoms with van der Waals surface area (Å²) in [4.78, 5) is 2.15. The molecule has 0 aliphatic carbocycles. The van der Waals surface area contributed by atoms with Gasteiger partial charge in [0, 0.05) is 28.7 Å². The molecule has 0 aliphatic rings. The Morgan fingerprint density at radius 1 is 1.08 bits per heavy atom. The Morgan fingerprint density at radius 2 is 1.69 bits per heavy atom. The van der Waals surface area contributed by atoms with E-state index in [2.05, 4.69) is 38.6 Å². The lowest BCUT2D eigenvalue weighted by molar-refractivity contribution is 0.319. The van der Waals surface area contributed by atoms with Gasteiger partial charge in [-0.1, -0.05) is 51.4 Å². The molecule has 0 saturated heterocycles. The van der Waals surface area contributed by atoms with Gasteiger partial charge >= 0.3 is 0 Å². The van der Waals surface area contributed by atoms with E-state index in [0.717, 1.165) is 34.4 Å². The lowest BCUT2D eigenvalue weighted by Gasteiger charge is -2.10. The Labute approximate surface area is 163 Å². The van der Waals surface area contributed by atoms with E-state index in [4.69, 9.17) is 4.74 Å². The van der Waals surface area contributed by atoms with Gasteiger partial charge in [-0.25, -0.2) is 0 Å². The Bertz CT molecular complexity index is 753. The van der Waals surface area contributed by atoms with Crippen molar-refractivity contribution in [3.63, 3.8) is 0 Å². The van der Waals surface area contributed by atoms with Gasteiger partial charge in [-0.2, -0.15) is 0 Å². The van der Waals surface area contributed by atoms with Crippen LogP contribution in [0.5, 0.6) is 5.75 Å². The molecule has 0 saturated carbocycles. The second-order valence-electron chi connectivity index (χ2n) is 5.77. The van der Waals surface area contributed by atoms with Gasteiger partial charge in [-0.15, -0.1) is 6.58 Å². The van der Waals surface area contributed by atoms with Crippen molar-refractivity contribution < 1.29 is 9.94 Å². The predicted molar refractivity (Wildman–Crippen MR) is 110 cm³/mol. The number of ether oxygens (including phenoxy) is 1. The van der Waals surface area contributed by atoms with Crippen LogP contribution in [0.4, 0.5) is 0 Å². The zero-order valence-electron chi connectivity index (χ0n) is 14.8. The molecule has 2 rings (SSSR count). The summed E-state index contributed by atoms with van der Waals surface area (Å²) >= 11 is 3.40. The Kier molecular flexibility index (Phi) is 8.12. The van der Waals surface area contributed by atoms with Crippen molar-refractivity contribution in [2.45, 2.75) is 0 Å². The van der Waals surface area contributed by atoms with Gasteiger partial charge in [-0.3, -0.25) is 4.90 Å². The molecule has 136 valence electrons. The van der Waals surface area contributed by atoms with E-state index in [1.807, 2.05) is 67.7 Å². The second-order valence-corrected chi connectivity index (χ2v) is 6.69. The summed E-state index contributed by atoms with van der Waals surface area (Å²) in [6, 6.07) is 15.1. The fraction of sp³-hybridized carbons (Fsp3) is 0.190. The minimum atomic E-state index is 0.509. The van der Waals surface area contributed by atoms with Crippen LogP contribution in [-0.2, 0) is 0 Å². The summed E-state index contributed by atoms with van der Waals surface area (Å²) in [5, 5.41) is 12.8. The van der Waals surface area contributed by atoms with Crippen LogP contribution < -0.4 is 4.74 Å². The van der Waals surface area contributed by atoms with Crippen LogP contribution in [0.25, 0.3) is 0 Å².